The highest BCUT2D eigenvalue weighted by atomic mass is 19.2. The first-order valence-electron chi connectivity index (χ1n) is 6.42. The topological polar surface area (TPSA) is 123 Å². The maximum absolute atomic E-state index is 13.8. The van der Waals surface area contributed by atoms with Gasteiger partial charge in [-0.1, -0.05) is 0 Å². The minimum atomic E-state index is -2.01. The highest BCUT2D eigenvalue weighted by molar-refractivity contribution is 5.98. The normalized spacial score (nSPS) is 14.2. The summed E-state index contributed by atoms with van der Waals surface area (Å²) in [6.07, 6.45) is 1.97. The van der Waals surface area contributed by atoms with Crippen molar-refractivity contribution in [3.63, 3.8) is 0 Å². The second-order valence-electron chi connectivity index (χ2n) is 5.12. The molecule has 0 spiro atoms. The summed E-state index contributed by atoms with van der Waals surface area (Å²) >= 11 is 0. The van der Waals surface area contributed by atoms with Gasteiger partial charge in [0.05, 0.1) is 4.92 Å². The molecule has 23 heavy (non-hydrogen) atoms. The van der Waals surface area contributed by atoms with Gasteiger partial charge in [-0.05, 0) is 12.8 Å². The van der Waals surface area contributed by atoms with Crippen molar-refractivity contribution in [2.24, 2.45) is 0 Å². The second-order valence-corrected chi connectivity index (χ2v) is 5.12. The average Bonchev–Trinajstić information content (AvgIpc) is 3.29. The summed E-state index contributed by atoms with van der Waals surface area (Å²) < 4.78 is 28.7. The number of phenolic OH excluding ortho intramolecular Hbond substituents is 1. The number of carbonyl (C=O) groups is 1. The van der Waals surface area contributed by atoms with Crippen molar-refractivity contribution in [2.45, 2.75) is 18.9 Å². The van der Waals surface area contributed by atoms with E-state index in [1.54, 1.807) is 0 Å². The van der Waals surface area contributed by atoms with Gasteiger partial charge in [-0.2, -0.15) is 8.78 Å². The number of carboxylic acids is 1. The van der Waals surface area contributed by atoms with E-state index < -0.39 is 55.9 Å². The van der Waals surface area contributed by atoms with Crippen LogP contribution in [0, 0.1) is 21.7 Å². The van der Waals surface area contributed by atoms with E-state index in [2.05, 4.69) is 0 Å². The van der Waals surface area contributed by atoms with Crippen LogP contribution in [0.5, 0.6) is 5.75 Å². The Morgan fingerprint density at radius 1 is 1.35 bits per heavy atom. The van der Waals surface area contributed by atoms with Crippen molar-refractivity contribution < 1.29 is 28.7 Å². The summed E-state index contributed by atoms with van der Waals surface area (Å²) in [7, 11) is 0. The average molecular weight is 326 g/mol. The van der Waals surface area contributed by atoms with Crippen LogP contribution >= 0.6 is 0 Å². The number of aromatic carboxylic acids is 1. The number of phenols is 1. The lowest BCUT2D eigenvalue weighted by molar-refractivity contribution is -0.386. The Kier molecular flexibility index (Phi) is 3.06. The molecule has 0 bridgehead atoms. The van der Waals surface area contributed by atoms with E-state index in [0.29, 0.717) is 12.8 Å². The van der Waals surface area contributed by atoms with Gasteiger partial charge in [0.15, 0.2) is 5.75 Å². The van der Waals surface area contributed by atoms with Crippen LogP contribution in [0.4, 0.5) is 14.5 Å². The zero-order valence-electron chi connectivity index (χ0n) is 11.2. The number of hydrogen-bond acceptors (Lipinski definition) is 5. The van der Waals surface area contributed by atoms with Crippen LogP contribution in [-0.4, -0.2) is 25.7 Å². The lowest BCUT2D eigenvalue weighted by atomic mass is 10.1. The van der Waals surface area contributed by atoms with Crippen LogP contribution in [0.1, 0.15) is 29.2 Å². The van der Waals surface area contributed by atoms with E-state index in [1.807, 2.05) is 0 Å². The van der Waals surface area contributed by atoms with Gasteiger partial charge in [-0.15, -0.1) is 0 Å². The zero-order chi connectivity index (χ0) is 17.0. The Labute approximate surface area is 125 Å². The summed E-state index contributed by atoms with van der Waals surface area (Å²) in [6.45, 7) is 0. The molecule has 8 nitrogen and oxygen atoms in total. The Bertz CT molecular complexity index is 948. The van der Waals surface area contributed by atoms with Crippen molar-refractivity contribution in [1.82, 2.24) is 4.57 Å². The maximum atomic E-state index is 13.8. The predicted octanol–water partition coefficient (Wildman–Crippen LogP) is 1.93. The molecule has 120 valence electrons. The molecule has 0 atom stereocenters. The van der Waals surface area contributed by atoms with Crippen molar-refractivity contribution in [3.05, 3.63) is 43.7 Å². The number of nitrogens with zero attached hydrogens (tertiary/aromatic N) is 2. The molecule has 0 radical (unpaired) electrons. The molecule has 0 amide bonds. The molecule has 1 aromatic carbocycles. The third-order valence-corrected chi connectivity index (χ3v) is 3.66. The van der Waals surface area contributed by atoms with Crippen molar-refractivity contribution in [2.75, 3.05) is 0 Å². The van der Waals surface area contributed by atoms with Crippen molar-refractivity contribution in [3.8, 4) is 5.75 Å². The summed E-state index contributed by atoms with van der Waals surface area (Å²) in [5, 5.41) is 29.0. The minimum Gasteiger partial charge on any atom is -0.503 e. The fourth-order valence-corrected chi connectivity index (χ4v) is 2.48. The number of fused-ring (bicyclic) bond motifs is 1. The molecular formula is C13H8F2N2O6. The maximum Gasteiger partial charge on any atom is 0.341 e. The van der Waals surface area contributed by atoms with Crippen LogP contribution in [0.3, 0.4) is 0 Å². The number of hydrogen-bond donors (Lipinski definition) is 2. The highest BCUT2D eigenvalue weighted by Gasteiger charge is 2.35. The Morgan fingerprint density at radius 3 is 2.43 bits per heavy atom. The molecule has 10 heteroatoms. The molecule has 1 saturated carbocycles. The molecule has 0 aliphatic heterocycles. The first-order chi connectivity index (χ1) is 10.8. The smallest absolute Gasteiger partial charge is 0.341 e. The Morgan fingerprint density at radius 2 is 1.96 bits per heavy atom. The van der Waals surface area contributed by atoms with Gasteiger partial charge in [0.2, 0.25) is 17.1 Å². The third kappa shape index (κ3) is 2.02. The van der Waals surface area contributed by atoms with E-state index in [-0.39, 0.29) is 6.04 Å². The van der Waals surface area contributed by atoms with Gasteiger partial charge in [0.1, 0.15) is 16.5 Å². The van der Waals surface area contributed by atoms with Crippen LogP contribution in [0.25, 0.3) is 10.9 Å². The first-order valence-corrected chi connectivity index (χ1v) is 6.42. The van der Waals surface area contributed by atoms with E-state index >= 15 is 0 Å². The molecule has 1 fully saturated rings. The lowest BCUT2D eigenvalue weighted by Gasteiger charge is -2.13. The number of rotatable bonds is 3. The minimum absolute atomic E-state index is 0.355. The molecule has 1 aliphatic carbocycles. The first kappa shape index (κ1) is 14.9. The second kappa shape index (κ2) is 4.73. The van der Waals surface area contributed by atoms with Gasteiger partial charge in [0.25, 0.3) is 0 Å². The molecule has 2 aromatic rings. The van der Waals surface area contributed by atoms with E-state index in [0.717, 1.165) is 10.8 Å². The summed E-state index contributed by atoms with van der Waals surface area (Å²) in [6, 6.07) is -0.355. The zero-order valence-corrected chi connectivity index (χ0v) is 11.2. The molecular weight excluding hydrogens is 318 g/mol. The quantitative estimate of drug-likeness (QED) is 0.656. The number of benzene rings is 1. The largest absolute Gasteiger partial charge is 0.503 e. The number of nitro groups is 1. The van der Waals surface area contributed by atoms with Crippen molar-refractivity contribution >= 4 is 22.6 Å². The summed E-state index contributed by atoms with van der Waals surface area (Å²) in [5.74, 6) is -6.79. The number of halogens is 2. The van der Waals surface area contributed by atoms with Crippen LogP contribution in [0.2, 0.25) is 0 Å². The number of aromatic nitrogens is 1. The van der Waals surface area contributed by atoms with Gasteiger partial charge < -0.3 is 14.8 Å². The standard InChI is InChI=1S/C13H8F2N2O6/c14-7-8(15)12(19)10-6(9(7)17(22)23)11(18)5(13(20)21)3-16(10)4-1-2-4/h3-4,19H,1-2H2,(H,20,21). The SMILES string of the molecule is O=C(O)c1cn(C2CC2)c2c(O)c(F)c(F)c([N+](=O)[O-])c2c1=O. The molecule has 1 aromatic heterocycles. The number of nitro benzene ring substituents is 1. The summed E-state index contributed by atoms with van der Waals surface area (Å²) in [5.41, 5.74) is -4.24. The third-order valence-electron chi connectivity index (χ3n) is 3.66. The highest BCUT2D eigenvalue weighted by Crippen LogP contribution is 2.42. The number of aromatic hydroxyl groups is 1. The molecule has 1 heterocycles. The monoisotopic (exact) mass is 326 g/mol. The Balaban J connectivity index is 2.65. The molecule has 2 N–H and O–H groups in total. The predicted molar refractivity (Wildman–Crippen MR) is 71.7 cm³/mol. The molecule has 3 rings (SSSR count). The molecule has 0 unspecified atom stereocenters. The van der Waals surface area contributed by atoms with Gasteiger partial charge >= 0.3 is 11.7 Å². The van der Waals surface area contributed by atoms with Crippen molar-refractivity contribution in [1.29, 1.82) is 0 Å². The Hall–Kier alpha value is -3.04. The van der Waals surface area contributed by atoms with Crippen LogP contribution in [-0.2, 0) is 0 Å². The van der Waals surface area contributed by atoms with Gasteiger partial charge in [-0.25, -0.2) is 4.79 Å². The van der Waals surface area contributed by atoms with Crippen LogP contribution in [0.15, 0.2) is 11.0 Å². The van der Waals surface area contributed by atoms with Crippen LogP contribution < -0.4 is 5.43 Å². The van der Waals surface area contributed by atoms with E-state index in [4.69, 9.17) is 5.11 Å². The number of pyridine rings is 1. The van der Waals surface area contributed by atoms with Gasteiger partial charge in [0, 0.05) is 12.2 Å². The molecule has 1 aliphatic rings. The number of carboxylic acid groups (broad SMARTS) is 1. The lowest BCUT2D eigenvalue weighted by Crippen LogP contribution is -2.20. The fourth-order valence-electron chi connectivity index (χ4n) is 2.48. The van der Waals surface area contributed by atoms with Gasteiger partial charge in [-0.3, -0.25) is 14.9 Å². The van der Waals surface area contributed by atoms with E-state index in [9.17, 15) is 33.6 Å². The fraction of sp³-hybridized carbons (Fsp3) is 0.231. The molecule has 0 saturated heterocycles. The summed E-state index contributed by atoms with van der Waals surface area (Å²) in [4.78, 5) is 33.1. The van der Waals surface area contributed by atoms with E-state index in [1.165, 1.54) is 0 Å².